The molecule has 1 saturated heterocycles. The van der Waals surface area contributed by atoms with E-state index in [1.54, 1.807) is 35.2 Å². The number of esters is 1. The number of piperidine rings is 1. The summed E-state index contributed by atoms with van der Waals surface area (Å²) in [7, 11) is 1.34. The molecule has 16 heteroatoms. The van der Waals surface area contributed by atoms with Gasteiger partial charge in [-0.2, -0.15) is 0 Å². The topological polar surface area (TPSA) is 227 Å². The molecule has 0 aliphatic carbocycles. The molecule has 2 aliphatic heterocycles. The van der Waals surface area contributed by atoms with Crippen molar-refractivity contribution in [3.05, 3.63) is 143 Å². The second-order valence-electron chi connectivity index (χ2n) is 17.1. The Hall–Kier alpha value is -7.17. The number of benzene rings is 4. The van der Waals surface area contributed by atoms with Gasteiger partial charge in [0.15, 0.2) is 0 Å². The number of nitrogens with one attached hydrogen (secondary N) is 5. The van der Waals surface area contributed by atoms with Gasteiger partial charge in [-0.05, 0) is 77.6 Å². The van der Waals surface area contributed by atoms with Gasteiger partial charge in [0.1, 0.15) is 12.1 Å². The van der Waals surface area contributed by atoms with Crippen LogP contribution in [0.15, 0.2) is 109 Å². The van der Waals surface area contributed by atoms with Crippen molar-refractivity contribution in [2.24, 2.45) is 11.1 Å². The Morgan fingerprint density at radius 3 is 2.31 bits per heavy atom. The third kappa shape index (κ3) is 13.9. The zero-order valence-corrected chi connectivity index (χ0v) is 38.6. The van der Waals surface area contributed by atoms with E-state index in [1.807, 2.05) is 73.7 Å². The Morgan fingerprint density at radius 2 is 1.57 bits per heavy atom. The molecule has 4 aromatic rings. The lowest BCUT2D eigenvalue weighted by Crippen LogP contribution is -2.58. The van der Waals surface area contributed by atoms with Gasteiger partial charge in [0.25, 0.3) is 0 Å². The van der Waals surface area contributed by atoms with E-state index in [2.05, 4.69) is 26.6 Å². The van der Waals surface area contributed by atoms with E-state index in [-0.39, 0.29) is 64.4 Å². The first-order valence-corrected chi connectivity index (χ1v) is 23.0. The highest BCUT2D eigenvalue weighted by atomic mass is 16.5. The molecule has 7 N–H and O–H groups in total. The van der Waals surface area contributed by atoms with Gasteiger partial charge in [0, 0.05) is 57.8 Å². The average Bonchev–Trinajstić information content (AvgIpc) is 3.34. The van der Waals surface area contributed by atoms with Crippen molar-refractivity contribution in [3.63, 3.8) is 0 Å². The van der Waals surface area contributed by atoms with Crippen molar-refractivity contribution >= 4 is 41.4 Å². The summed E-state index contributed by atoms with van der Waals surface area (Å²) in [6, 6.07) is 27.6. The Kier molecular flexibility index (Phi) is 18.1. The number of ether oxygens (including phenoxy) is 2. The molecule has 2 aliphatic rings. The molecule has 68 heavy (non-hydrogen) atoms. The lowest BCUT2D eigenvalue weighted by molar-refractivity contribution is -0.141. The molecule has 3 atom stereocenters. The standard InChI is InChI=1S/C52H61N7O9/c1-35-29-40(17-18-42(35)50(65)67-2)38-15-13-36(14-16-38)30-44-49(64)56-33-41-12-7-6-11-39(41)31-46(61)57-43(48(63)55-25-28-68-27-23-53)21-24-54-45(60)19-20-47(62)59-26-8-22-52(34-59,51(66)58-44)32-37-9-4-3-5-10-37/h3-7,9-20,29,43-44H,8,21-28,30-34,53H2,1-2H3,(H,54,60)(H,55,63)(H,56,64)(H,57,61)(H,58,66)/b20-19+/t43-,44-,52-/m0/s1. The van der Waals surface area contributed by atoms with Gasteiger partial charge in [0.2, 0.25) is 35.4 Å². The molecular weight excluding hydrogens is 867 g/mol. The van der Waals surface area contributed by atoms with Crippen LogP contribution >= 0.6 is 0 Å². The van der Waals surface area contributed by atoms with Gasteiger partial charge in [0.05, 0.1) is 37.7 Å². The van der Waals surface area contributed by atoms with Crippen LogP contribution in [-0.4, -0.2) is 111 Å². The fourth-order valence-electron chi connectivity index (χ4n) is 8.59. The third-order valence-electron chi connectivity index (χ3n) is 12.2. The first kappa shape index (κ1) is 50.2. The quantitative estimate of drug-likeness (QED) is 0.0900. The van der Waals surface area contributed by atoms with Crippen molar-refractivity contribution in [3.8, 4) is 11.1 Å². The molecule has 6 amide bonds. The molecule has 1 fully saturated rings. The number of carbonyl (C=O) groups is 7. The first-order chi connectivity index (χ1) is 32.9. The molecule has 0 unspecified atom stereocenters. The van der Waals surface area contributed by atoms with E-state index in [1.165, 1.54) is 7.11 Å². The van der Waals surface area contributed by atoms with Crippen molar-refractivity contribution in [2.75, 3.05) is 53.0 Å². The fraction of sp³-hybridized carbons (Fsp3) is 0.365. The number of nitrogens with zero attached hydrogens (tertiary/aromatic N) is 1. The van der Waals surface area contributed by atoms with Crippen molar-refractivity contribution < 1.29 is 43.0 Å². The molecule has 0 spiro atoms. The summed E-state index contributed by atoms with van der Waals surface area (Å²) in [5.74, 6) is -3.24. The summed E-state index contributed by atoms with van der Waals surface area (Å²) in [6.45, 7) is 3.30. The Labute approximate surface area is 396 Å². The zero-order chi connectivity index (χ0) is 48.5. The lowest BCUT2D eigenvalue weighted by Gasteiger charge is -2.42. The maximum Gasteiger partial charge on any atom is 0.338 e. The van der Waals surface area contributed by atoms with Crippen LogP contribution in [0.2, 0.25) is 0 Å². The van der Waals surface area contributed by atoms with Crippen LogP contribution in [0.5, 0.6) is 0 Å². The van der Waals surface area contributed by atoms with Gasteiger partial charge in [-0.1, -0.05) is 91.0 Å². The van der Waals surface area contributed by atoms with E-state index in [0.717, 1.165) is 40.0 Å². The van der Waals surface area contributed by atoms with E-state index in [4.69, 9.17) is 15.2 Å². The number of nitrogens with two attached hydrogens (primary N) is 1. The predicted molar refractivity (Wildman–Crippen MR) is 256 cm³/mol. The molecule has 0 aromatic heterocycles. The van der Waals surface area contributed by atoms with Crippen LogP contribution in [-0.2, 0) is 64.0 Å². The molecule has 0 radical (unpaired) electrons. The second-order valence-corrected chi connectivity index (χ2v) is 17.1. The molecule has 2 heterocycles. The van der Waals surface area contributed by atoms with E-state index >= 15 is 0 Å². The normalized spacial score (nSPS) is 20.2. The Bertz CT molecular complexity index is 2460. The number of methoxy groups -OCH3 is 1. The van der Waals surface area contributed by atoms with Crippen LogP contribution in [0.4, 0.5) is 0 Å². The van der Waals surface area contributed by atoms with Crippen molar-refractivity contribution in [1.82, 2.24) is 31.5 Å². The molecule has 16 nitrogen and oxygen atoms in total. The first-order valence-electron chi connectivity index (χ1n) is 23.0. The van der Waals surface area contributed by atoms with E-state index < -0.39 is 53.0 Å². The smallest absolute Gasteiger partial charge is 0.338 e. The SMILES string of the molecule is COC(=O)c1ccc(-c2ccc(C[C@@H]3NC(=O)[C@]4(Cc5ccccc5)CCCN(C4)C(=O)/C=C/C(=O)NCC[C@@H](C(=O)NCCOCCN)NC(=O)Cc4ccccc4CNC3=O)cc2)cc1C. The zero-order valence-electron chi connectivity index (χ0n) is 38.6. The van der Waals surface area contributed by atoms with Crippen LogP contribution in [0.3, 0.4) is 0 Å². The largest absolute Gasteiger partial charge is 0.465 e. The molecular formula is C52H61N7O9. The third-order valence-corrected chi connectivity index (χ3v) is 12.2. The van der Waals surface area contributed by atoms with Crippen LogP contribution in [0, 0.1) is 12.3 Å². The highest BCUT2D eigenvalue weighted by Gasteiger charge is 2.44. The summed E-state index contributed by atoms with van der Waals surface area (Å²) in [5.41, 5.74) is 10.3. The minimum absolute atomic E-state index is 0.00335. The average molecular weight is 928 g/mol. The number of hydrogen-bond donors (Lipinski definition) is 6. The number of carbonyl (C=O) groups excluding carboxylic acids is 7. The van der Waals surface area contributed by atoms with E-state index in [9.17, 15) is 33.6 Å². The maximum atomic E-state index is 15.0. The number of aryl methyl sites for hydroxylation is 1. The maximum absolute atomic E-state index is 15.0. The summed E-state index contributed by atoms with van der Waals surface area (Å²) >= 11 is 0. The number of amides is 6. The van der Waals surface area contributed by atoms with Crippen LogP contribution in [0.25, 0.3) is 11.1 Å². The summed E-state index contributed by atoms with van der Waals surface area (Å²) in [6.07, 6.45) is 3.54. The lowest BCUT2D eigenvalue weighted by atomic mass is 9.74. The number of fused-ring (bicyclic) bond motifs is 3. The fourth-order valence-corrected chi connectivity index (χ4v) is 8.59. The van der Waals surface area contributed by atoms with Crippen molar-refractivity contribution in [2.45, 2.75) is 64.1 Å². The summed E-state index contributed by atoms with van der Waals surface area (Å²) in [5, 5.41) is 14.4. The highest BCUT2D eigenvalue weighted by Crippen LogP contribution is 2.35. The van der Waals surface area contributed by atoms with Crippen LogP contribution < -0.4 is 32.3 Å². The van der Waals surface area contributed by atoms with Gasteiger partial charge in [-0.15, -0.1) is 0 Å². The number of rotatable bonds is 12. The molecule has 4 aromatic carbocycles. The van der Waals surface area contributed by atoms with Crippen molar-refractivity contribution in [1.29, 1.82) is 0 Å². The van der Waals surface area contributed by atoms with E-state index in [0.29, 0.717) is 49.2 Å². The molecule has 2 bridgehead atoms. The number of hydrogen-bond acceptors (Lipinski definition) is 10. The Morgan fingerprint density at radius 1 is 0.838 bits per heavy atom. The Balaban J connectivity index is 1.31. The van der Waals surface area contributed by atoms with Gasteiger partial charge in [-0.25, -0.2) is 4.79 Å². The minimum atomic E-state index is -1.13. The predicted octanol–water partition coefficient (Wildman–Crippen LogP) is 2.84. The summed E-state index contributed by atoms with van der Waals surface area (Å²) in [4.78, 5) is 96.9. The monoisotopic (exact) mass is 927 g/mol. The molecule has 0 saturated carbocycles. The summed E-state index contributed by atoms with van der Waals surface area (Å²) < 4.78 is 10.3. The molecule has 6 rings (SSSR count). The minimum Gasteiger partial charge on any atom is -0.465 e. The van der Waals surface area contributed by atoms with Gasteiger partial charge in [-0.3, -0.25) is 28.8 Å². The van der Waals surface area contributed by atoms with Gasteiger partial charge >= 0.3 is 5.97 Å². The van der Waals surface area contributed by atoms with Gasteiger partial charge < -0.3 is 46.7 Å². The highest BCUT2D eigenvalue weighted by molar-refractivity contribution is 5.98. The van der Waals surface area contributed by atoms with Crippen LogP contribution in [0.1, 0.15) is 57.4 Å². The molecule has 358 valence electrons. The second kappa shape index (κ2) is 24.6.